The second-order valence-electron chi connectivity index (χ2n) is 4.58. The van der Waals surface area contributed by atoms with Crippen molar-refractivity contribution in [3.63, 3.8) is 0 Å². The number of benzene rings is 1. The Hall–Kier alpha value is -1.95. The Morgan fingerprint density at radius 3 is 2.15 bits per heavy atom. The summed E-state index contributed by atoms with van der Waals surface area (Å²) >= 11 is 1.25. The number of anilines is 1. The first kappa shape index (κ1) is 14.5. The van der Waals surface area contributed by atoms with Crippen molar-refractivity contribution in [3.8, 4) is 0 Å². The molecule has 1 aromatic rings. The van der Waals surface area contributed by atoms with Gasteiger partial charge in [0, 0.05) is 19.5 Å². The van der Waals surface area contributed by atoms with Crippen LogP contribution in [-0.4, -0.2) is 24.0 Å². The van der Waals surface area contributed by atoms with E-state index in [4.69, 9.17) is 9.47 Å². The van der Waals surface area contributed by atoms with E-state index in [1.807, 2.05) is 30.3 Å². The number of ether oxygens (including phenoxy) is 2. The predicted molar refractivity (Wildman–Crippen MR) is 76.9 cm³/mol. The number of para-hydroxylation sites is 1. The van der Waals surface area contributed by atoms with Gasteiger partial charge in [0.05, 0.1) is 5.03 Å². The maximum absolute atomic E-state index is 12.0. The number of hydrogen-bond acceptors (Lipinski definition) is 6. The van der Waals surface area contributed by atoms with Crippen molar-refractivity contribution in [1.29, 1.82) is 0 Å². The van der Waals surface area contributed by atoms with E-state index in [0.717, 1.165) is 5.69 Å². The smallest absolute Gasteiger partial charge is 0.351 e. The Morgan fingerprint density at radius 2 is 1.65 bits per heavy atom. The fourth-order valence-electron chi connectivity index (χ4n) is 1.71. The third kappa shape index (κ3) is 3.14. The van der Waals surface area contributed by atoms with Crippen LogP contribution in [0.2, 0.25) is 0 Å². The zero-order valence-electron chi connectivity index (χ0n) is 11.4. The minimum Gasteiger partial charge on any atom is -0.419 e. The highest BCUT2D eigenvalue weighted by Gasteiger charge is 2.41. The monoisotopic (exact) mass is 293 g/mol. The summed E-state index contributed by atoms with van der Waals surface area (Å²) in [5.74, 6) is -2.59. The van der Waals surface area contributed by atoms with Gasteiger partial charge in [-0.2, -0.15) is 0 Å². The topological polar surface area (TPSA) is 64.6 Å². The molecule has 20 heavy (non-hydrogen) atoms. The Kier molecular flexibility index (Phi) is 4.04. The summed E-state index contributed by atoms with van der Waals surface area (Å²) in [6.45, 7) is 3.03. The van der Waals surface area contributed by atoms with Gasteiger partial charge in [-0.05, 0) is 18.4 Å². The molecule has 1 saturated heterocycles. The van der Waals surface area contributed by atoms with Gasteiger partial charge in [-0.15, -0.1) is 11.8 Å². The van der Waals surface area contributed by atoms with Gasteiger partial charge in [0.15, 0.2) is 5.57 Å². The van der Waals surface area contributed by atoms with Gasteiger partial charge >= 0.3 is 11.9 Å². The van der Waals surface area contributed by atoms with Crippen LogP contribution in [0.4, 0.5) is 5.69 Å². The molecule has 0 aliphatic carbocycles. The average molecular weight is 293 g/mol. The van der Waals surface area contributed by atoms with Crippen LogP contribution in [0.1, 0.15) is 13.8 Å². The van der Waals surface area contributed by atoms with Crippen molar-refractivity contribution in [3.05, 3.63) is 40.9 Å². The summed E-state index contributed by atoms with van der Waals surface area (Å²) in [7, 11) is 0. The van der Waals surface area contributed by atoms with Crippen LogP contribution in [0.5, 0.6) is 0 Å². The first-order valence-electron chi connectivity index (χ1n) is 6.00. The molecule has 0 radical (unpaired) electrons. The molecule has 1 fully saturated rings. The molecule has 5 nitrogen and oxygen atoms in total. The van der Waals surface area contributed by atoms with E-state index in [1.165, 1.54) is 25.6 Å². The Morgan fingerprint density at radius 1 is 1.10 bits per heavy atom. The Bertz CT molecular complexity index is 544. The molecule has 0 atom stereocenters. The summed E-state index contributed by atoms with van der Waals surface area (Å²) < 4.78 is 10.2. The third-order valence-electron chi connectivity index (χ3n) is 2.55. The van der Waals surface area contributed by atoms with Crippen LogP contribution < -0.4 is 5.32 Å². The van der Waals surface area contributed by atoms with Crippen molar-refractivity contribution in [2.24, 2.45) is 0 Å². The lowest BCUT2D eigenvalue weighted by Gasteiger charge is -2.30. The zero-order valence-corrected chi connectivity index (χ0v) is 12.2. The lowest BCUT2D eigenvalue weighted by atomic mass is 10.2. The van der Waals surface area contributed by atoms with Crippen LogP contribution in [0.15, 0.2) is 40.9 Å². The zero-order chi connectivity index (χ0) is 14.8. The molecule has 0 spiro atoms. The lowest BCUT2D eigenvalue weighted by molar-refractivity contribution is -0.222. The highest BCUT2D eigenvalue weighted by atomic mass is 32.2. The van der Waals surface area contributed by atoms with Gasteiger partial charge in [-0.3, -0.25) is 0 Å². The molecule has 0 unspecified atom stereocenters. The maximum atomic E-state index is 12.0. The Labute approximate surface area is 121 Å². The van der Waals surface area contributed by atoms with Crippen molar-refractivity contribution in [1.82, 2.24) is 0 Å². The highest BCUT2D eigenvalue weighted by Crippen LogP contribution is 2.28. The van der Waals surface area contributed by atoms with Crippen molar-refractivity contribution < 1.29 is 19.1 Å². The van der Waals surface area contributed by atoms with Crippen LogP contribution in [0.3, 0.4) is 0 Å². The number of nitrogens with one attached hydrogen (secondary N) is 1. The van der Waals surface area contributed by atoms with Gasteiger partial charge in [0.25, 0.3) is 5.79 Å². The van der Waals surface area contributed by atoms with Crippen LogP contribution in [-0.2, 0) is 19.1 Å². The van der Waals surface area contributed by atoms with Crippen LogP contribution >= 0.6 is 11.8 Å². The van der Waals surface area contributed by atoms with Crippen molar-refractivity contribution >= 4 is 29.4 Å². The summed E-state index contributed by atoms with van der Waals surface area (Å²) in [5, 5.41) is 3.43. The summed E-state index contributed by atoms with van der Waals surface area (Å²) in [5.41, 5.74) is 0.662. The summed E-state index contributed by atoms with van der Waals surface area (Å²) in [4.78, 5) is 24.0. The SMILES string of the molecule is CSC(Nc1ccccc1)=C1C(=O)OC(C)(C)OC1=O. The van der Waals surface area contributed by atoms with Gasteiger partial charge in [0.2, 0.25) is 0 Å². The van der Waals surface area contributed by atoms with Gasteiger partial charge in [0.1, 0.15) is 0 Å². The summed E-state index contributed by atoms with van der Waals surface area (Å²) in [6, 6.07) is 9.25. The fraction of sp³-hybridized carbons (Fsp3) is 0.286. The standard InChI is InChI=1S/C14H15NO4S/c1-14(2)18-12(16)10(13(17)19-14)11(20-3)15-9-7-5-4-6-8-9/h4-8,15H,1-3H3. The average Bonchev–Trinajstić information content (AvgIpc) is 2.36. The third-order valence-corrected chi connectivity index (χ3v) is 3.26. The van der Waals surface area contributed by atoms with E-state index in [2.05, 4.69) is 5.32 Å². The Balaban J connectivity index is 2.33. The quantitative estimate of drug-likeness (QED) is 0.525. The molecule has 0 aromatic heterocycles. The first-order valence-corrected chi connectivity index (χ1v) is 7.22. The minimum atomic E-state index is -1.23. The molecule has 0 bridgehead atoms. The van der Waals surface area contributed by atoms with Crippen molar-refractivity contribution in [2.75, 3.05) is 11.6 Å². The molecule has 1 aromatic carbocycles. The molecular weight excluding hydrogens is 278 g/mol. The van der Waals surface area contributed by atoms with Crippen molar-refractivity contribution in [2.45, 2.75) is 19.6 Å². The van der Waals surface area contributed by atoms with E-state index >= 15 is 0 Å². The minimum absolute atomic E-state index is 0.110. The van der Waals surface area contributed by atoms with E-state index in [1.54, 1.807) is 6.26 Å². The lowest BCUT2D eigenvalue weighted by Crippen LogP contribution is -2.42. The number of carbonyl (C=O) groups is 2. The number of carbonyl (C=O) groups excluding carboxylic acids is 2. The number of cyclic esters (lactones) is 2. The van der Waals surface area contributed by atoms with E-state index in [0.29, 0.717) is 5.03 Å². The van der Waals surface area contributed by atoms with Gasteiger partial charge < -0.3 is 14.8 Å². The number of esters is 2. The molecule has 1 aliphatic heterocycles. The van der Waals surface area contributed by atoms with Crippen LogP contribution in [0, 0.1) is 0 Å². The molecule has 1 N–H and O–H groups in total. The van der Waals surface area contributed by atoms with Gasteiger partial charge in [-0.1, -0.05) is 18.2 Å². The molecule has 6 heteroatoms. The highest BCUT2D eigenvalue weighted by molar-refractivity contribution is 8.02. The second kappa shape index (κ2) is 5.58. The molecule has 0 amide bonds. The van der Waals surface area contributed by atoms with E-state index < -0.39 is 17.7 Å². The largest absolute Gasteiger partial charge is 0.419 e. The molecule has 1 heterocycles. The van der Waals surface area contributed by atoms with E-state index in [-0.39, 0.29) is 5.57 Å². The molecular formula is C14H15NO4S. The molecule has 2 rings (SSSR count). The molecule has 0 saturated carbocycles. The van der Waals surface area contributed by atoms with E-state index in [9.17, 15) is 9.59 Å². The maximum Gasteiger partial charge on any atom is 0.351 e. The summed E-state index contributed by atoms with van der Waals surface area (Å²) in [6.07, 6.45) is 1.76. The number of hydrogen-bond donors (Lipinski definition) is 1. The fourth-order valence-corrected chi connectivity index (χ4v) is 2.30. The number of thioether (sulfide) groups is 1. The van der Waals surface area contributed by atoms with Gasteiger partial charge in [-0.25, -0.2) is 9.59 Å². The normalized spacial score (nSPS) is 17.2. The van der Waals surface area contributed by atoms with Crippen LogP contribution in [0.25, 0.3) is 0 Å². The predicted octanol–water partition coefficient (Wildman–Crippen LogP) is 2.51. The second-order valence-corrected chi connectivity index (χ2v) is 5.39. The molecule has 1 aliphatic rings. The number of rotatable bonds is 3. The first-order chi connectivity index (χ1) is 9.43. The molecule has 106 valence electrons.